The zero-order chi connectivity index (χ0) is 18.5. The summed E-state index contributed by atoms with van der Waals surface area (Å²) in [6.07, 6.45) is 3.17. The highest BCUT2D eigenvalue weighted by atomic mass is 35.5. The van der Waals surface area contributed by atoms with E-state index in [1.807, 2.05) is 12.1 Å². The van der Waals surface area contributed by atoms with Crippen molar-refractivity contribution in [2.45, 2.75) is 9.79 Å². The first-order valence-electron chi connectivity index (χ1n) is 8.05. The number of benzene rings is 2. The summed E-state index contributed by atoms with van der Waals surface area (Å²) in [6, 6.07) is 10.6. The van der Waals surface area contributed by atoms with Gasteiger partial charge in [0.05, 0.1) is 28.2 Å². The van der Waals surface area contributed by atoms with E-state index >= 15 is 0 Å². The number of phenolic OH excluding ortho intramolecular Hbond substituents is 1. The van der Waals surface area contributed by atoms with Crippen molar-refractivity contribution in [2.75, 3.05) is 26.3 Å². The molecule has 1 saturated heterocycles. The predicted molar refractivity (Wildman–Crippen MR) is 105 cm³/mol. The molecule has 0 radical (unpaired) electrons. The predicted octanol–water partition coefficient (Wildman–Crippen LogP) is 4.72. The molecule has 2 aromatic rings. The number of nitrogens with zero attached hydrogens (tertiary/aromatic N) is 1. The highest BCUT2D eigenvalue weighted by Crippen LogP contribution is 2.41. The molecule has 1 amide bonds. The van der Waals surface area contributed by atoms with Crippen molar-refractivity contribution in [3.05, 3.63) is 58.1 Å². The van der Waals surface area contributed by atoms with Gasteiger partial charge in [-0.1, -0.05) is 53.2 Å². The quantitative estimate of drug-likeness (QED) is 0.741. The first kappa shape index (κ1) is 19.1. The van der Waals surface area contributed by atoms with E-state index < -0.39 is 0 Å². The number of halogens is 2. The van der Waals surface area contributed by atoms with Gasteiger partial charge >= 0.3 is 0 Å². The van der Waals surface area contributed by atoms with Crippen LogP contribution < -0.4 is 0 Å². The molecular weight excluding hydrogens is 393 g/mol. The molecule has 2 aromatic carbocycles. The molecule has 4 nitrogen and oxygen atoms in total. The first-order valence-corrected chi connectivity index (χ1v) is 9.62. The standard InChI is InChI=1S/C19H17Cl2NO3S/c20-18-13(6-8-17(24)22-9-11-25-12-10-22)5-7-16(19(18)21)26-15-4-2-1-3-14(15)23/h1-8,23H,9-12H2/b8-6+. The number of morpholine rings is 1. The lowest BCUT2D eigenvalue weighted by atomic mass is 10.2. The number of carbonyl (C=O) groups is 1. The van der Waals surface area contributed by atoms with Gasteiger partial charge in [-0.3, -0.25) is 4.79 Å². The summed E-state index contributed by atoms with van der Waals surface area (Å²) in [5, 5.41) is 10.7. The average molecular weight is 410 g/mol. The van der Waals surface area contributed by atoms with Crippen molar-refractivity contribution in [3.8, 4) is 5.75 Å². The fraction of sp³-hybridized carbons (Fsp3) is 0.211. The summed E-state index contributed by atoms with van der Waals surface area (Å²) in [5.41, 5.74) is 0.667. The van der Waals surface area contributed by atoms with E-state index in [0.717, 1.165) is 4.90 Å². The van der Waals surface area contributed by atoms with Crippen LogP contribution in [0.2, 0.25) is 10.0 Å². The maximum absolute atomic E-state index is 12.2. The van der Waals surface area contributed by atoms with E-state index in [-0.39, 0.29) is 11.7 Å². The molecule has 0 unspecified atom stereocenters. The van der Waals surface area contributed by atoms with E-state index in [2.05, 4.69) is 0 Å². The highest BCUT2D eigenvalue weighted by molar-refractivity contribution is 7.99. The minimum absolute atomic E-state index is 0.0758. The van der Waals surface area contributed by atoms with E-state index in [4.69, 9.17) is 27.9 Å². The molecule has 0 bridgehead atoms. The number of amides is 1. The SMILES string of the molecule is O=C(/C=C/c1ccc(Sc2ccccc2O)c(Cl)c1Cl)N1CCOCC1. The molecule has 0 spiro atoms. The van der Waals surface area contributed by atoms with Gasteiger partial charge in [-0.15, -0.1) is 0 Å². The molecule has 0 saturated carbocycles. The van der Waals surface area contributed by atoms with Crippen LogP contribution in [0.4, 0.5) is 0 Å². The summed E-state index contributed by atoms with van der Waals surface area (Å²) < 4.78 is 5.24. The molecule has 1 aliphatic rings. The van der Waals surface area contributed by atoms with Crippen LogP contribution >= 0.6 is 35.0 Å². The van der Waals surface area contributed by atoms with Crippen molar-refractivity contribution in [2.24, 2.45) is 0 Å². The van der Waals surface area contributed by atoms with Crippen LogP contribution in [0.1, 0.15) is 5.56 Å². The molecular formula is C19H17Cl2NO3S. The van der Waals surface area contributed by atoms with Gasteiger partial charge in [0.25, 0.3) is 0 Å². The van der Waals surface area contributed by atoms with Crippen molar-refractivity contribution >= 4 is 46.9 Å². The van der Waals surface area contributed by atoms with Gasteiger partial charge in [0.1, 0.15) is 5.75 Å². The summed E-state index contributed by atoms with van der Waals surface area (Å²) in [4.78, 5) is 15.3. The molecule has 26 heavy (non-hydrogen) atoms. The van der Waals surface area contributed by atoms with E-state index in [1.165, 1.54) is 17.8 Å². The molecule has 3 rings (SSSR count). The smallest absolute Gasteiger partial charge is 0.246 e. The normalized spacial score (nSPS) is 14.8. The summed E-state index contributed by atoms with van der Waals surface area (Å²) in [5.74, 6) is 0.109. The van der Waals surface area contributed by atoms with E-state index in [0.29, 0.717) is 46.8 Å². The van der Waals surface area contributed by atoms with Crippen molar-refractivity contribution in [1.29, 1.82) is 0 Å². The monoisotopic (exact) mass is 409 g/mol. The Hall–Kier alpha value is -1.66. The largest absolute Gasteiger partial charge is 0.507 e. The van der Waals surface area contributed by atoms with Crippen LogP contribution in [0.15, 0.2) is 52.3 Å². The molecule has 0 aromatic heterocycles. The Labute approximate surface area is 166 Å². The van der Waals surface area contributed by atoms with Gasteiger partial charge in [0.15, 0.2) is 0 Å². The molecule has 7 heteroatoms. The van der Waals surface area contributed by atoms with Crippen LogP contribution in [-0.4, -0.2) is 42.2 Å². The Bertz CT molecular complexity index is 836. The summed E-state index contributed by atoms with van der Waals surface area (Å²) >= 11 is 14.1. The zero-order valence-corrected chi connectivity index (χ0v) is 16.2. The number of rotatable bonds is 4. The minimum Gasteiger partial charge on any atom is -0.507 e. The summed E-state index contributed by atoms with van der Waals surface area (Å²) in [6.45, 7) is 2.30. The van der Waals surface area contributed by atoms with Crippen LogP contribution in [0.25, 0.3) is 6.08 Å². The van der Waals surface area contributed by atoms with Gasteiger partial charge in [0.2, 0.25) is 5.91 Å². The van der Waals surface area contributed by atoms with Crippen LogP contribution in [0, 0.1) is 0 Å². The Morgan fingerprint density at radius 2 is 1.81 bits per heavy atom. The maximum Gasteiger partial charge on any atom is 0.246 e. The number of hydrogen-bond acceptors (Lipinski definition) is 4. The molecule has 1 fully saturated rings. The van der Waals surface area contributed by atoms with Crippen molar-refractivity contribution in [3.63, 3.8) is 0 Å². The number of aromatic hydroxyl groups is 1. The van der Waals surface area contributed by atoms with Crippen LogP contribution in [0.3, 0.4) is 0 Å². The first-order chi connectivity index (χ1) is 12.6. The van der Waals surface area contributed by atoms with E-state index in [1.54, 1.807) is 35.2 Å². The third-order valence-electron chi connectivity index (χ3n) is 3.89. The lowest BCUT2D eigenvalue weighted by Gasteiger charge is -2.25. The van der Waals surface area contributed by atoms with Gasteiger partial charge in [-0.2, -0.15) is 0 Å². The lowest BCUT2D eigenvalue weighted by molar-refractivity contribution is -0.129. The number of phenols is 1. The molecule has 0 atom stereocenters. The number of ether oxygens (including phenoxy) is 1. The highest BCUT2D eigenvalue weighted by Gasteiger charge is 2.15. The molecule has 136 valence electrons. The minimum atomic E-state index is -0.0758. The fourth-order valence-corrected chi connectivity index (χ4v) is 3.92. The summed E-state index contributed by atoms with van der Waals surface area (Å²) in [7, 11) is 0. The number of hydrogen-bond donors (Lipinski definition) is 1. The Kier molecular flexibility index (Phi) is 6.48. The second-order valence-electron chi connectivity index (χ2n) is 5.62. The molecule has 1 heterocycles. The van der Waals surface area contributed by atoms with Gasteiger partial charge < -0.3 is 14.7 Å². The topological polar surface area (TPSA) is 49.8 Å². The Morgan fingerprint density at radius 1 is 1.08 bits per heavy atom. The lowest BCUT2D eigenvalue weighted by Crippen LogP contribution is -2.39. The third kappa shape index (κ3) is 4.54. The van der Waals surface area contributed by atoms with Crippen molar-refractivity contribution in [1.82, 2.24) is 4.90 Å². The second kappa shape index (κ2) is 8.82. The fourth-order valence-electron chi connectivity index (χ4n) is 2.47. The van der Waals surface area contributed by atoms with Gasteiger partial charge in [0, 0.05) is 24.1 Å². The van der Waals surface area contributed by atoms with Gasteiger partial charge in [-0.25, -0.2) is 0 Å². The second-order valence-corrected chi connectivity index (χ2v) is 7.46. The van der Waals surface area contributed by atoms with Gasteiger partial charge in [-0.05, 0) is 29.8 Å². The third-order valence-corrected chi connectivity index (χ3v) is 6.02. The molecule has 0 aliphatic carbocycles. The zero-order valence-electron chi connectivity index (χ0n) is 13.8. The number of carbonyl (C=O) groups excluding carboxylic acids is 1. The van der Waals surface area contributed by atoms with Crippen LogP contribution in [0.5, 0.6) is 5.75 Å². The maximum atomic E-state index is 12.2. The van der Waals surface area contributed by atoms with Crippen LogP contribution in [-0.2, 0) is 9.53 Å². The molecule has 1 N–H and O–H groups in total. The molecule has 1 aliphatic heterocycles. The average Bonchev–Trinajstić information content (AvgIpc) is 2.67. The Balaban J connectivity index is 1.75. The van der Waals surface area contributed by atoms with Crippen molar-refractivity contribution < 1.29 is 14.6 Å². The Morgan fingerprint density at radius 3 is 2.54 bits per heavy atom. The van der Waals surface area contributed by atoms with E-state index in [9.17, 15) is 9.90 Å². The number of para-hydroxylation sites is 1.